The van der Waals surface area contributed by atoms with Gasteiger partial charge in [-0.2, -0.15) is 0 Å². The summed E-state index contributed by atoms with van der Waals surface area (Å²) in [5.41, 5.74) is 1.35. The van der Waals surface area contributed by atoms with E-state index in [0.29, 0.717) is 6.04 Å². The fourth-order valence-corrected chi connectivity index (χ4v) is 3.44. The van der Waals surface area contributed by atoms with Crippen molar-refractivity contribution in [3.8, 4) is 11.5 Å². The number of hydrogen-bond acceptors (Lipinski definition) is 3. The zero-order valence-electron chi connectivity index (χ0n) is 12.4. The van der Waals surface area contributed by atoms with Crippen LogP contribution in [0.1, 0.15) is 50.6 Å². The fourth-order valence-electron chi connectivity index (χ4n) is 3.44. The largest absolute Gasteiger partial charge is 0.490 e. The number of fused-ring (bicyclic) bond motifs is 1. The molecule has 1 saturated carbocycles. The molecule has 1 aliphatic heterocycles. The van der Waals surface area contributed by atoms with E-state index in [1.165, 1.54) is 31.2 Å². The second-order valence-electron chi connectivity index (χ2n) is 5.84. The van der Waals surface area contributed by atoms with Gasteiger partial charge in [-0.15, -0.1) is 0 Å². The maximum Gasteiger partial charge on any atom is 0.161 e. The molecule has 1 fully saturated rings. The molecule has 1 N–H and O–H groups in total. The molecule has 1 unspecified atom stereocenters. The van der Waals surface area contributed by atoms with Crippen molar-refractivity contribution < 1.29 is 9.47 Å². The Morgan fingerprint density at radius 3 is 2.60 bits per heavy atom. The van der Waals surface area contributed by atoms with Crippen molar-refractivity contribution in [1.82, 2.24) is 5.32 Å². The molecule has 0 radical (unpaired) electrons. The van der Waals surface area contributed by atoms with Crippen LogP contribution in [-0.4, -0.2) is 19.8 Å². The predicted molar refractivity (Wildman–Crippen MR) is 80.4 cm³/mol. The van der Waals surface area contributed by atoms with Crippen molar-refractivity contribution in [2.45, 2.75) is 45.1 Å². The molecule has 3 nitrogen and oxygen atoms in total. The Hall–Kier alpha value is -1.22. The highest BCUT2D eigenvalue weighted by Gasteiger charge is 2.26. The number of hydrogen-bond donors (Lipinski definition) is 1. The Morgan fingerprint density at radius 2 is 1.85 bits per heavy atom. The number of rotatable bonds is 4. The molecule has 0 aromatic heterocycles. The number of nitrogens with one attached hydrogen (secondary N) is 1. The Labute approximate surface area is 121 Å². The first kappa shape index (κ1) is 13.7. The topological polar surface area (TPSA) is 30.5 Å². The van der Waals surface area contributed by atoms with E-state index in [0.717, 1.165) is 43.6 Å². The normalized spacial score (nSPS) is 20.6. The van der Waals surface area contributed by atoms with Gasteiger partial charge in [0.15, 0.2) is 11.5 Å². The van der Waals surface area contributed by atoms with Crippen LogP contribution in [-0.2, 0) is 0 Å². The highest BCUT2D eigenvalue weighted by atomic mass is 16.5. The van der Waals surface area contributed by atoms with Crippen molar-refractivity contribution >= 4 is 0 Å². The van der Waals surface area contributed by atoms with Gasteiger partial charge in [-0.25, -0.2) is 0 Å². The lowest BCUT2D eigenvalue weighted by Crippen LogP contribution is -2.27. The standard InChI is InChI=1S/C17H25NO2/c1-2-18-17(13-6-3-4-7-13)14-8-9-15-16(12-14)20-11-5-10-19-15/h8-9,12-13,17-18H,2-7,10-11H2,1H3. The predicted octanol–water partition coefficient (Wildman–Crippen LogP) is 3.69. The number of benzene rings is 1. The first-order chi connectivity index (χ1) is 9.88. The highest BCUT2D eigenvalue weighted by molar-refractivity contribution is 5.44. The molecule has 1 aliphatic carbocycles. The summed E-state index contributed by atoms with van der Waals surface area (Å²) in [5, 5.41) is 3.67. The maximum absolute atomic E-state index is 5.83. The molecule has 3 rings (SSSR count). The summed E-state index contributed by atoms with van der Waals surface area (Å²) in [5.74, 6) is 2.58. The van der Waals surface area contributed by atoms with Crippen molar-refractivity contribution in [1.29, 1.82) is 0 Å². The average molecular weight is 275 g/mol. The minimum absolute atomic E-state index is 0.458. The van der Waals surface area contributed by atoms with Gasteiger partial charge in [-0.05, 0) is 43.0 Å². The summed E-state index contributed by atoms with van der Waals surface area (Å²) < 4.78 is 11.6. The lowest BCUT2D eigenvalue weighted by atomic mass is 9.91. The van der Waals surface area contributed by atoms with Gasteiger partial charge in [0.1, 0.15) is 0 Å². The molecule has 0 spiro atoms. The SMILES string of the molecule is CCNC(c1ccc2c(c1)OCCCO2)C1CCCC1. The van der Waals surface area contributed by atoms with E-state index in [1.807, 2.05) is 0 Å². The van der Waals surface area contributed by atoms with E-state index in [-0.39, 0.29) is 0 Å². The van der Waals surface area contributed by atoms with Crippen LogP contribution in [0.15, 0.2) is 18.2 Å². The maximum atomic E-state index is 5.83. The molecule has 20 heavy (non-hydrogen) atoms. The van der Waals surface area contributed by atoms with Crippen LogP contribution in [0.2, 0.25) is 0 Å². The van der Waals surface area contributed by atoms with E-state index in [4.69, 9.17) is 9.47 Å². The van der Waals surface area contributed by atoms with E-state index >= 15 is 0 Å². The van der Waals surface area contributed by atoms with Gasteiger partial charge in [0.2, 0.25) is 0 Å². The third-order valence-corrected chi connectivity index (χ3v) is 4.43. The van der Waals surface area contributed by atoms with Crippen LogP contribution < -0.4 is 14.8 Å². The van der Waals surface area contributed by atoms with Crippen molar-refractivity contribution in [2.24, 2.45) is 5.92 Å². The Morgan fingerprint density at radius 1 is 1.10 bits per heavy atom. The molecule has 3 heteroatoms. The molecule has 1 atom stereocenters. The molecule has 0 amide bonds. The molecule has 1 aromatic rings. The van der Waals surface area contributed by atoms with Gasteiger partial charge >= 0.3 is 0 Å². The smallest absolute Gasteiger partial charge is 0.161 e. The summed E-state index contributed by atoms with van der Waals surface area (Å²) in [7, 11) is 0. The molecule has 0 bridgehead atoms. The third kappa shape index (κ3) is 2.93. The van der Waals surface area contributed by atoms with Gasteiger partial charge in [0.05, 0.1) is 13.2 Å². The average Bonchev–Trinajstić information content (AvgIpc) is 2.89. The van der Waals surface area contributed by atoms with Gasteiger partial charge in [-0.1, -0.05) is 25.8 Å². The molecular formula is C17H25NO2. The van der Waals surface area contributed by atoms with E-state index < -0.39 is 0 Å². The minimum atomic E-state index is 0.458. The molecule has 1 aromatic carbocycles. The third-order valence-electron chi connectivity index (χ3n) is 4.43. The Kier molecular flexibility index (Phi) is 4.46. The summed E-state index contributed by atoms with van der Waals surface area (Å²) in [4.78, 5) is 0. The minimum Gasteiger partial charge on any atom is -0.490 e. The number of ether oxygens (including phenoxy) is 2. The molecule has 0 saturated heterocycles. The summed E-state index contributed by atoms with van der Waals surface area (Å²) in [6.45, 7) is 4.71. The van der Waals surface area contributed by atoms with Crippen LogP contribution in [0.5, 0.6) is 11.5 Å². The monoisotopic (exact) mass is 275 g/mol. The van der Waals surface area contributed by atoms with Crippen LogP contribution in [0.3, 0.4) is 0 Å². The highest BCUT2D eigenvalue weighted by Crippen LogP contribution is 2.39. The summed E-state index contributed by atoms with van der Waals surface area (Å²) in [6.07, 6.45) is 6.38. The van der Waals surface area contributed by atoms with E-state index in [2.05, 4.69) is 30.4 Å². The zero-order valence-corrected chi connectivity index (χ0v) is 12.4. The molecule has 2 aliphatic rings. The lowest BCUT2D eigenvalue weighted by molar-refractivity contribution is 0.296. The van der Waals surface area contributed by atoms with E-state index in [9.17, 15) is 0 Å². The molecule has 1 heterocycles. The van der Waals surface area contributed by atoms with Crippen molar-refractivity contribution in [3.05, 3.63) is 23.8 Å². The van der Waals surface area contributed by atoms with Gasteiger partial charge in [0.25, 0.3) is 0 Å². The Balaban J connectivity index is 1.84. The molecule has 110 valence electrons. The van der Waals surface area contributed by atoms with Crippen molar-refractivity contribution in [3.63, 3.8) is 0 Å². The van der Waals surface area contributed by atoms with Crippen molar-refractivity contribution in [2.75, 3.05) is 19.8 Å². The van der Waals surface area contributed by atoms with Crippen LogP contribution in [0.25, 0.3) is 0 Å². The zero-order chi connectivity index (χ0) is 13.8. The van der Waals surface area contributed by atoms with Gasteiger partial charge in [0, 0.05) is 12.5 Å². The van der Waals surface area contributed by atoms with Crippen LogP contribution >= 0.6 is 0 Å². The second-order valence-corrected chi connectivity index (χ2v) is 5.84. The summed E-state index contributed by atoms with van der Waals surface area (Å²) in [6, 6.07) is 6.93. The first-order valence-electron chi connectivity index (χ1n) is 8.01. The van der Waals surface area contributed by atoms with Gasteiger partial charge in [-0.3, -0.25) is 0 Å². The Bertz CT molecular complexity index is 441. The fraction of sp³-hybridized carbons (Fsp3) is 0.647. The quantitative estimate of drug-likeness (QED) is 0.909. The summed E-state index contributed by atoms with van der Waals surface area (Å²) >= 11 is 0. The molecular weight excluding hydrogens is 250 g/mol. The van der Waals surface area contributed by atoms with E-state index in [1.54, 1.807) is 0 Å². The second kappa shape index (κ2) is 6.49. The van der Waals surface area contributed by atoms with Crippen LogP contribution in [0, 0.1) is 5.92 Å². The van der Waals surface area contributed by atoms with Gasteiger partial charge < -0.3 is 14.8 Å². The lowest BCUT2D eigenvalue weighted by Gasteiger charge is -2.25. The van der Waals surface area contributed by atoms with Crippen LogP contribution in [0.4, 0.5) is 0 Å². The first-order valence-corrected chi connectivity index (χ1v) is 8.01.